The number of likely N-dealkylation sites (tertiary alicyclic amines) is 1. The van der Waals surface area contributed by atoms with Crippen molar-refractivity contribution in [3.8, 4) is 5.75 Å². The summed E-state index contributed by atoms with van der Waals surface area (Å²) in [6.45, 7) is 2.13. The maximum atomic E-state index is 13.6. The van der Waals surface area contributed by atoms with Gasteiger partial charge in [-0.25, -0.2) is 8.78 Å². The van der Waals surface area contributed by atoms with E-state index in [4.69, 9.17) is 4.74 Å². The molecular formula is C17H22F2N2O2. The summed E-state index contributed by atoms with van der Waals surface area (Å²) >= 11 is 0. The van der Waals surface area contributed by atoms with Gasteiger partial charge in [-0.15, -0.1) is 0 Å². The molecule has 0 saturated carbocycles. The molecule has 1 aromatic carbocycles. The lowest BCUT2D eigenvalue weighted by Crippen LogP contribution is -2.51. The van der Waals surface area contributed by atoms with Gasteiger partial charge in [0.1, 0.15) is 11.9 Å². The molecule has 4 nitrogen and oxygen atoms in total. The summed E-state index contributed by atoms with van der Waals surface area (Å²) in [5.41, 5.74) is 0. The maximum Gasteiger partial charge on any atom is 0.239 e. The molecule has 2 aliphatic heterocycles. The fourth-order valence-electron chi connectivity index (χ4n) is 3.23. The normalized spacial score (nSPS) is 22.9. The fourth-order valence-corrected chi connectivity index (χ4v) is 3.23. The number of hydrogen-bond acceptors (Lipinski definition) is 3. The van der Waals surface area contributed by atoms with Gasteiger partial charge < -0.3 is 15.0 Å². The summed E-state index contributed by atoms with van der Waals surface area (Å²) in [6, 6.07) is 3.26. The number of amides is 1. The highest BCUT2D eigenvalue weighted by molar-refractivity contribution is 5.82. The van der Waals surface area contributed by atoms with Gasteiger partial charge in [0.25, 0.3) is 0 Å². The number of rotatable bonds is 3. The Hall–Kier alpha value is -1.69. The number of nitrogens with zero attached hydrogens (tertiary/aromatic N) is 1. The van der Waals surface area contributed by atoms with E-state index in [1.807, 2.05) is 4.90 Å². The van der Waals surface area contributed by atoms with Crippen LogP contribution in [0, 0.1) is 11.6 Å². The van der Waals surface area contributed by atoms with Crippen molar-refractivity contribution in [2.24, 2.45) is 0 Å². The van der Waals surface area contributed by atoms with Crippen molar-refractivity contribution in [3.63, 3.8) is 0 Å². The zero-order valence-electron chi connectivity index (χ0n) is 13.1. The number of hydrogen-bond donors (Lipinski definition) is 1. The van der Waals surface area contributed by atoms with Crippen LogP contribution < -0.4 is 10.1 Å². The zero-order chi connectivity index (χ0) is 16.2. The number of halogens is 2. The van der Waals surface area contributed by atoms with E-state index in [0.29, 0.717) is 25.9 Å². The molecular weight excluding hydrogens is 302 g/mol. The van der Waals surface area contributed by atoms with Gasteiger partial charge in [0, 0.05) is 32.0 Å². The van der Waals surface area contributed by atoms with Crippen molar-refractivity contribution in [3.05, 3.63) is 29.8 Å². The summed E-state index contributed by atoms with van der Waals surface area (Å²) in [6.07, 6.45) is 4.30. The minimum atomic E-state index is -0.685. The minimum Gasteiger partial charge on any atom is -0.487 e. The van der Waals surface area contributed by atoms with Crippen molar-refractivity contribution in [2.75, 3.05) is 19.6 Å². The number of benzene rings is 1. The summed E-state index contributed by atoms with van der Waals surface area (Å²) < 4.78 is 32.1. The molecule has 2 aliphatic rings. The summed E-state index contributed by atoms with van der Waals surface area (Å²) in [5.74, 6) is -1.06. The minimum absolute atomic E-state index is 0.0595. The molecule has 3 rings (SSSR count). The third-order valence-corrected chi connectivity index (χ3v) is 4.55. The van der Waals surface area contributed by atoms with E-state index in [-0.39, 0.29) is 23.8 Å². The summed E-state index contributed by atoms with van der Waals surface area (Å²) in [4.78, 5) is 14.3. The van der Waals surface area contributed by atoms with Crippen molar-refractivity contribution in [2.45, 2.75) is 44.2 Å². The number of carbonyl (C=O) groups excluding carboxylic acids is 1. The highest BCUT2D eigenvalue weighted by Gasteiger charge is 2.29. The van der Waals surface area contributed by atoms with Crippen molar-refractivity contribution < 1.29 is 18.3 Å². The van der Waals surface area contributed by atoms with Gasteiger partial charge in [-0.2, -0.15) is 0 Å². The SMILES string of the molecule is O=C(C1CCCCN1)N1CCC(Oc2ccc(F)cc2F)CC1. The van der Waals surface area contributed by atoms with Gasteiger partial charge in [-0.1, -0.05) is 6.42 Å². The summed E-state index contributed by atoms with van der Waals surface area (Å²) in [7, 11) is 0. The highest BCUT2D eigenvalue weighted by atomic mass is 19.1. The number of piperidine rings is 2. The van der Waals surface area contributed by atoms with Gasteiger partial charge >= 0.3 is 0 Å². The molecule has 1 N–H and O–H groups in total. The maximum absolute atomic E-state index is 13.6. The molecule has 2 fully saturated rings. The van der Waals surface area contributed by atoms with Crippen LogP contribution in [0.1, 0.15) is 32.1 Å². The second-order valence-corrected chi connectivity index (χ2v) is 6.22. The first-order valence-corrected chi connectivity index (χ1v) is 8.27. The second-order valence-electron chi connectivity index (χ2n) is 6.22. The van der Waals surface area contributed by atoms with E-state index in [1.54, 1.807) is 0 Å². The molecule has 126 valence electrons. The van der Waals surface area contributed by atoms with E-state index in [0.717, 1.165) is 31.9 Å². The van der Waals surface area contributed by atoms with E-state index in [2.05, 4.69) is 5.32 Å². The Bertz CT molecular complexity index is 554. The average molecular weight is 324 g/mol. The third kappa shape index (κ3) is 3.99. The third-order valence-electron chi connectivity index (χ3n) is 4.55. The van der Waals surface area contributed by atoms with Crippen LogP contribution in [-0.4, -0.2) is 42.6 Å². The topological polar surface area (TPSA) is 41.6 Å². The number of ether oxygens (including phenoxy) is 1. The van der Waals surface area contributed by atoms with Crippen LogP contribution in [0.4, 0.5) is 8.78 Å². The van der Waals surface area contributed by atoms with E-state index >= 15 is 0 Å². The lowest BCUT2D eigenvalue weighted by molar-refractivity contribution is -0.135. The molecule has 0 bridgehead atoms. The Balaban J connectivity index is 1.51. The molecule has 2 saturated heterocycles. The van der Waals surface area contributed by atoms with Crippen LogP contribution >= 0.6 is 0 Å². The smallest absolute Gasteiger partial charge is 0.239 e. The first kappa shape index (κ1) is 16.2. The predicted octanol–water partition coefficient (Wildman–Crippen LogP) is 2.48. The van der Waals surface area contributed by atoms with Crippen LogP contribution in [0.3, 0.4) is 0 Å². The predicted molar refractivity (Wildman–Crippen MR) is 82.2 cm³/mol. The average Bonchev–Trinajstić information content (AvgIpc) is 2.58. The molecule has 2 heterocycles. The lowest BCUT2D eigenvalue weighted by atomic mass is 10.0. The second kappa shape index (κ2) is 7.25. The zero-order valence-corrected chi connectivity index (χ0v) is 13.1. The molecule has 1 unspecified atom stereocenters. The first-order valence-electron chi connectivity index (χ1n) is 8.27. The van der Waals surface area contributed by atoms with E-state index in [9.17, 15) is 13.6 Å². The summed E-state index contributed by atoms with van der Waals surface area (Å²) in [5, 5.41) is 3.27. The number of carbonyl (C=O) groups is 1. The molecule has 0 aromatic heterocycles. The molecule has 23 heavy (non-hydrogen) atoms. The van der Waals surface area contributed by atoms with Crippen molar-refractivity contribution in [1.82, 2.24) is 10.2 Å². The molecule has 6 heteroatoms. The van der Waals surface area contributed by atoms with Crippen LogP contribution in [0.2, 0.25) is 0 Å². The van der Waals surface area contributed by atoms with Crippen LogP contribution in [0.15, 0.2) is 18.2 Å². The van der Waals surface area contributed by atoms with E-state index in [1.165, 1.54) is 12.1 Å². The van der Waals surface area contributed by atoms with Gasteiger partial charge in [-0.3, -0.25) is 4.79 Å². The lowest BCUT2D eigenvalue weighted by Gasteiger charge is -2.35. The van der Waals surface area contributed by atoms with Crippen LogP contribution in [0.25, 0.3) is 0 Å². The molecule has 0 radical (unpaired) electrons. The van der Waals surface area contributed by atoms with Gasteiger partial charge in [-0.05, 0) is 31.5 Å². The Morgan fingerprint density at radius 1 is 1.17 bits per heavy atom. The Labute approximate surface area is 134 Å². The fraction of sp³-hybridized carbons (Fsp3) is 0.588. The Morgan fingerprint density at radius 3 is 2.61 bits per heavy atom. The quantitative estimate of drug-likeness (QED) is 0.929. The van der Waals surface area contributed by atoms with Gasteiger partial charge in [0.15, 0.2) is 11.6 Å². The van der Waals surface area contributed by atoms with Crippen LogP contribution in [0.5, 0.6) is 5.75 Å². The molecule has 0 spiro atoms. The molecule has 1 amide bonds. The van der Waals surface area contributed by atoms with Gasteiger partial charge in [0.05, 0.1) is 6.04 Å². The van der Waals surface area contributed by atoms with E-state index < -0.39 is 11.6 Å². The van der Waals surface area contributed by atoms with Crippen molar-refractivity contribution in [1.29, 1.82) is 0 Å². The molecule has 1 aromatic rings. The Morgan fingerprint density at radius 2 is 1.96 bits per heavy atom. The standard InChI is InChI=1S/C17H22F2N2O2/c18-12-4-5-16(14(19)11-12)23-13-6-9-21(10-7-13)17(22)15-3-1-2-8-20-15/h4-5,11,13,15,20H,1-3,6-10H2. The van der Waals surface area contributed by atoms with Crippen molar-refractivity contribution >= 4 is 5.91 Å². The molecule has 1 atom stereocenters. The van der Waals surface area contributed by atoms with Crippen LogP contribution in [-0.2, 0) is 4.79 Å². The first-order chi connectivity index (χ1) is 11.1. The Kier molecular flexibility index (Phi) is 5.10. The highest BCUT2D eigenvalue weighted by Crippen LogP contribution is 2.23. The number of nitrogens with one attached hydrogen (secondary N) is 1. The van der Waals surface area contributed by atoms with Gasteiger partial charge in [0.2, 0.25) is 5.91 Å². The molecule has 0 aliphatic carbocycles. The monoisotopic (exact) mass is 324 g/mol. The largest absolute Gasteiger partial charge is 0.487 e.